The number of hydrogen-bond donors (Lipinski definition) is 2. The first kappa shape index (κ1) is 18.6. The standard InChI is InChI=1S/C21H30N4O/c1-14(22-16-12-20(3,4)24-21(5,6)13-16)18-15(2)23-25(19(18)26)17-10-8-7-9-11-17/h7-11,16,23-24H,12-13H2,1-6H3. The second kappa shape index (κ2) is 6.54. The van der Waals surface area contributed by atoms with Crippen molar-refractivity contribution in [1.29, 1.82) is 0 Å². The van der Waals surface area contributed by atoms with Gasteiger partial charge in [0.05, 0.1) is 17.3 Å². The van der Waals surface area contributed by atoms with E-state index in [1.165, 1.54) is 0 Å². The predicted octanol–water partition coefficient (Wildman–Crippen LogP) is 3.59. The van der Waals surface area contributed by atoms with Crippen LogP contribution in [-0.4, -0.2) is 32.6 Å². The molecule has 2 heterocycles. The van der Waals surface area contributed by atoms with Crippen LogP contribution in [-0.2, 0) is 0 Å². The van der Waals surface area contributed by atoms with E-state index < -0.39 is 0 Å². The molecule has 0 radical (unpaired) electrons. The quantitative estimate of drug-likeness (QED) is 0.828. The number of para-hydroxylation sites is 1. The minimum absolute atomic E-state index is 0.0353. The van der Waals surface area contributed by atoms with E-state index in [1.54, 1.807) is 4.68 Å². The van der Waals surface area contributed by atoms with Crippen molar-refractivity contribution in [3.8, 4) is 5.69 Å². The molecule has 26 heavy (non-hydrogen) atoms. The largest absolute Gasteiger partial charge is 0.307 e. The third-order valence-electron chi connectivity index (χ3n) is 4.99. The molecular weight excluding hydrogens is 324 g/mol. The third kappa shape index (κ3) is 3.83. The molecule has 2 aromatic rings. The molecule has 2 N–H and O–H groups in total. The normalized spacial score (nSPS) is 20.3. The minimum atomic E-state index is -0.0394. The predicted molar refractivity (Wildman–Crippen MR) is 108 cm³/mol. The molecule has 1 aliphatic rings. The first-order valence-corrected chi connectivity index (χ1v) is 9.29. The number of benzene rings is 1. The lowest BCUT2D eigenvalue weighted by Crippen LogP contribution is -2.58. The van der Waals surface area contributed by atoms with Crippen molar-refractivity contribution >= 4 is 5.71 Å². The molecule has 1 aromatic carbocycles. The van der Waals surface area contributed by atoms with Gasteiger partial charge in [-0.05, 0) is 66.5 Å². The van der Waals surface area contributed by atoms with Gasteiger partial charge in [0.15, 0.2) is 0 Å². The molecule has 3 rings (SSSR count). The van der Waals surface area contributed by atoms with Crippen LogP contribution in [0.3, 0.4) is 0 Å². The topological polar surface area (TPSA) is 62.2 Å². The maximum absolute atomic E-state index is 13.0. The Morgan fingerprint density at radius 2 is 1.69 bits per heavy atom. The number of aryl methyl sites for hydroxylation is 1. The van der Waals surface area contributed by atoms with Gasteiger partial charge in [0, 0.05) is 22.5 Å². The van der Waals surface area contributed by atoms with Gasteiger partial charge in [-0.25, -0.2) is 4.68 Å². The van der Waals surface area contributed by atoms with E-state index in [1.807, 2.05) is 44.2 Å². The molecule has 140 valence electrons. The lowest BCUT2D eigenvalue weighted by atomic mass is 9.80. The molecule has 0 saturated carbocycles. The Bertz CT molecular complexity index is 855. The van der Waals surface area contributed by atoms with Crippen molar-refractivity contribution in [2.75, 3.05) is 0 Å². The molecule has 1 fully saturated rings. The van der Waals surface area contributed by atoms with Crippen molar-refractivity contribution < 1.29 is 0 Å². The van der Waals surface area contributed by atoms with E-state index in [2.05, 4.69) is 38.1 Å². The highest BCUT2D eigenvalue weighted by Gasteiger charge is 2.37. The molecule has 0 unspecified atom stereocenters. The van der Waals surface area contributed by atoms with Crippen LogP contribution < -0.4 is 10.9 Å². The molecule has 1 aromatic heterocycles. The first-order chi connectivity index (χ1) is 12.1. The van der Waals surface area contributed by atoms with Gasteiger partial charge in [0.2, 0.25) is 0 Å². The Balaban J connectivity index is 1.95. The van der Waals surface area contributed by atoms with Gasteiger partial charge in [0.25, 0.3) is 5.56 Å². The molecule has 1 aliphatic heterocycles. The summed E-state index contributed by atoms with van der Waals surface area (Å²) >= 11 is 0. The van der Waals surface area contributed by atoms with Gasteiger partial charge < -0.3 is 5.32 Å². The monoisotopic (exact) mass is 354 g/mol. The van der Waals surface area contributed by atoms with Crippen molar-refractivity contribution in [2.45, 2.75) is 71.5 Å². The van der Waals surface area contributed by atoms with Crippen molar-refractivity contribution in [3.05, 3.63) is 51.9 Å². The summed E-state index contributed by atoms with van der Waals surface area (Å²) in [6, 6.07) is 9.85. The number of hydrogen-bond acceptors (Lipinski definition) is 3. The van der Waals surface area contributed by atoms with E-state index in [9.17, 15) is 4.79 Å². The SMILES string of the molecule is CC(=NC1CC(C)(C)NC(C)(C)C1)c1c(C)[nH]n(-c2ccccc2)c1=O. The fraction of sp³-hybridized carbons (Fsp3) is 0.524. The van der Waals surface area contributed by atoms with Gasteiger partial charge in [-0.15, -0.1) is 0 Å². The summed E-state index contributed by atoms with van der Waals surface area (Å²) in [7, 11) is 0. The summed E-state index contributed by atoms with van der Waals surface area (Å²) in [6.07, 6.45) is 1.92. The Kier molecular flexibility index (Phi) is 4.69. The molecule has 0 aliphatic carbocycles. The van der Waals surface area contributed by atoms with Gasteiger partial charge in [0.1, 0.15) is 0 Å². The maximum Gasteiger partial charge on any atom is 0.280 e. The second-order valence-corrected chi connectivity index (χ2v) is 8.76. The number of aromatic nitrogens is 2. The summed E-state index contributed by atoms with van der Waals surface area (Å²) in [5.74, 6) is 0. The van der Waals surface area contributed by atoms with Crippen molar-refractivity contribution in [2.24, 2.45) is 4.99 Å². The Labute approximate surface area is 155 Å². The van der Waals surface area contributed by atoms with Crippen LogP contribution in [0.15, 0.2) is 40.1 Å². The number of nitrogens with zero attached hydrogens (tertiary/aromatic N) is 2. The second-order valence-electron chi connectivity index (χ2n) is 8.76. The highest BCUT2D eigenvalue weighted by molar-refractivity contribution is 5.99. The number of H-pyrrole nitrogens is 1. The van der Waals surface area contributed by atoms with Gasteiger partial charge >= 0.3 is 0 Å². The molecule has 0 bridgehead atoms. The van der Waals surface area contributed by atoms with Gasteiger partial charge in [-0.1, -0.05) is 18.2 Å². The number of aromatic amines is 1. The summed E-state index contributed by atoms with van der Waals surface area (Å²) in [4.78, 5) is 17.9. The fourth-order valence-corrected chi connectivity index (χ4v) is 4.43. The molecule has 0 atom stereocenters. The van der Waals surface area contributed by atoms with Crippen molar-refractivity contribution in [3.63, 3.8) is 0 Å². The molecular formula is C21H30N4O. The minimum Gasteiger partial charge on any atom is -0.307 e. The third-order valence-corrected chi connectivity index (χ3v) is 4.99. The number of piperidine rings is 1. The number of aliphatic imine (C=N–C) groups is 1. The first-order valence-electron chi connectivity index (χ1n) is 9.29. The van der Waals surface area contributed by atoms with Crippen LogP contribution in [0.25, 0.3) is 5.69 Å². The molecule has 0 amide bonds. The molecule has 0 spiro atoms. The van der Waals surface area contributed by atoms with Gasteiger partial charge in [-0.3, -0.25) is 14.9 Å². The highest BCUT2D eigenvalue weighted by atomic mass is 16.1. The number of rotatable bonds is 3. The zero-order chi connectivity index (χ0) is 19.1. The summed E-state index contributed by atoms with van der Waals surface area (Å²) in [5, 5.41) is 6.87. The van der Waals surface area contributed by atoms with Crippen LogP contribution in [0.4, 0.5) is 0 Å². The summed E-state index contributed by atoms with van der Waals surface area (Å²) in [6.45, 7) is 12.8. The van der Waals surface area contributed by atoms with E-state index in [4.69, 9.17) is 4.99 Å². The van der Waals surface area contributed by atoms with E-state index >= 15 is 0 Å². The van der Waals surface area contributed by atoms with Crippen LogP contribution in [0, 0.1) is 6.92 Å². The molecule has 5 heteroatoms. The molecule has 5 nitrogen and oxygen atoms in total. The number of nitrogens with one attached hydrogen (secondary N) is 2. The average molecular weight is 354 g/mol. The lowest BCUT2D eigenvalue weighted by Gasteiger charge is -2.45. The zero-order valence-electron chi connectivity index (χ0n) is 16.7. The fourth-order valence-electron chi connectivity index (χ4n) is 4.43. The summed E-state index contributed by atoms with van der Waals surface area (Å²) < 4.78 is 1.60. The lowest BCUT2D eigenvalue weighted by molar-refractivity contribution is 0.164. The van der Waals surface area contributed by atoms with Crippen molar-refractivity contribution in [1.82, 2.24) is 15.1 Å². The Morgan fingerprint density at radius 3 is 2.27 bits per heavy atom. The van der Waals surface area contributed by atoms with E-state index in [-0.39, 0.29) is 22.7 Å². The van der Waals surface area contributed by atoms with Crippen LogP contribution >= 0.6 is 0 Å². The zero-order valence-corrected chi connectivity index (χ0v) is 16.7. The smallest absolute Gasteiger partial charge is 0.280 e. The Morgan fingerprint density at radius 1 is 1.12 bits per heavy atom. The van der Waals surface area contributed by atoms with Crippen LogP contribution in [0.5, 0.6) is 0 Å². The highest BCUT2D eigenvalue weighted by Crippen LogP contribution is 2.30. The Hall–Kier alpha value is -2.14. The van der Waals surface area contributed by atoms with E-state index in [0.717, 1.165) is 29.9 Å². The van der Waals surface area contributed by atoms with Gasteiger partial charge in [-0.2, -0.15) is 0 Å². The van der Waals surface area contributed by atoms with Crippen LogP contribution in [0.1, 0.15) is 58.7 Å². The summed E-state index contributed by atoms with van der Waals surface area (Å²) in [5.41, 5.74) is 3.22. The average Bonchev–Trinajstić information content (AvgIpc) is 2.79. The van der Waals surface area contributed by atoms with Crippen LogP contribution in [0.2, 0.25) is 0 Å². The molecule has 1 saturated heterocycles. The van der Waals surface area contributed by atoms with E-state index in [0.29, 0.717) is 5.56 Å². The maximum atomic E-state index is 13.0.